The number of para-hydroxylation sites is 1. The molecule has 3 aliphatic rings. The zero-order chi connectivity index (χ0) is 24.0. The molecular weight excluding hydrogens is 438 g/mol. The summed E-state index contributed by atoms with van der Waals surface area (Å²) in [6, 6.07) is 19.6. The van der Waals surface area contributed by atoms with Crippen LogP contribution in [0.2, 0.25) is 0 Å². The molecule has 35 heavy (non-hydrogen) atoms. The minimum atomic E-state index is -0.380. The van der Waals surface area contributed by atoms with Crippen LogP contribution in [-0.2, 0) is 22.2 Å². The van der Waals surface area contributed by atoms with E-state index in [4.69, 9.17) is 4.74 Å². The van der Waals surface area contributed by atoms with E-state index < -0.39 is 0 Å². The molecule has 3 aromatic rings. The highest BCUT2D eigenvalue weighted by Crippen LogP contribution is 2.57. The van der Waals surface area contributed by atoms with Crippen LogP contribution in [0, 0.1) is 0 Å². The number of hydrogen-bond acceptors (Lipinski definition) is 5. The summed E-state index contributed by atoms with van der Waals surface area (Å²) in [5, 5.41) is 3.34. The fraction of sp³-hybridized carbons (Fsp3) is 0.345. The monoisotopic (exact) mass is 469 g/mol. The van der Waals surface area contributed by atoms with Gasteiger partial charge in [-0.25, -0.2) is 4.79 Å². The van der Waals surface area contributed by atoms with Crippen molar-refractivity contribution in [3.8, 4) is 0 Å². The average molecular weight is 470 g/mol. The molecule has 1 amide bonds. The third-order valence-electron chi connectivity index (χ3n) is 7.65. The fourth-order valence-corrected chi connectivity index (χ4v) is 5.46. The summed E-state index contributed by atoms with van der Waals surface area (Å²) in [5.74, 6) is -0.368. The van der Waals surface area contributed by atoms with E-state index in [1.807, 2.05) is 48.7 Å². The molecule has 2 saturated carbocycles. The number of nitrogens with one attached hydrogen (secondary N) is 1. The maximum atomic E-state index is 13.7. The van der Waals surface area contributed by atoms with Gasteiger partial charge in [0, 0.05) is 19.6 Å². The number of fused-ring (bicyclic) bond motifs is 2. The third-order valence-corrected chi connectivity index (χ3v) is 7.65. The molecule has 6 heteroatoms. The summed E-state index contributed by atoms with van der Waals surface area (Å²) in [6.45, 7) is 3.77. The number of rotatable bonds is 7. The van der Waals surface area contributed by atoms with Gasteiger partial charge in [0.2, 0.25) is 0 Å². The Morgan fingerprint density at radius 1 is 1.03 bits per heavy atom. The lowest BCUT2D eigenvalue weighted by Gasteiger charge is -2.24. The largest absolute Gasteiger partial charge is 0.462 e. The summed E-state index contributed by atoms with van der Waals surface area (Å²) in [6.07, 6.45) is 5.92. The average Bonchev–Trinajstić information content (AvgIpc) is 3.80. The predicted molar refractivity (Wildman–Crippen MR) is 136 cm³/mol. The van der Waals surface area contributed by atoms with Crippen molar-refractivity contribution >= 4 is 17.6 Å². The molecule has 6 nitrogen and oxygen atoms in total. The van der Waals surface area contributed by atoms with Gasteiger partial charge in [0.05, 0.1) is 41.2 Å². The van der Waals surface area contributed by atoms with Gasteiger partial charge in [0.15, 0.2) is 0 Å². The van der Waals surface area contributed by atoms with Crippen molar-refractivity contribution in [3.63, 3.8) is 0 Å². The molecule has 1 aromatic heterocycles. The molecule has 2 heterocycles. The molecule has 1 N–H and O–H groups in total. The zero-order valence-electron chi connectivity index (χ0n) is 19.9. The number of anilines is 1. The molecule has 1 spiro atoms. The Bertz CT molecular complexity index is 1280. The first-order chi connectivity index (χ1) is 17.0. The summed E-state index contributed by atoms with van der Waals surface area (Å²) < 4.78 is 5.09. The summed E-state index contributed by atoms with van der Waals surface area (Å²) >= 11 is 0. The van der Waals surface area contributed by atoms with Gasteiger partial charge in [-0.2, -0.15) is 0 Å². The van der Waals surface area contributed by atoms with E-state index in [1.165, 1.54) is 18.4 Å². The highest BCUT2D eigenvalue weighted by Gasteiger charge is 2.53. The Labute approximate surface area is 206 Å². The standard InChI is InChI=1S/C29H29N3O3.H2/c1-2-35-27(34)20-9-11-21(12-10-20)29(15-16-29)31-26(33)23-7-5-8-24-25(23)32(19-28(24)13-14-28)18-22-6-3-4-17-30-22;/h3-12,17H,2,13-16,18-19H2,1H3,(H,31,33);1H. The molecular formula is C29H31N3O3. The molecule has 180 valence electrons. The molecule has 2 aromatic carbocycles. The van der Waals surface area contributed by atoms with Gasteiger partial charge in [-0.15, -0.1) is 0 Å². The Hall–Kier alpha value is -3.67. The molecule has 2 aliphatic carbocycles. The molecule has 2 fully saturated rings. The lowest BCUT2D eigenvalue weighted by atomic mass is 9.96. The van der Waals surface area contributed by atoms with Crippen molar-refractivity contribution in [1.82, 2.24) is 10.3 Å². The molecule has 0 radical (unpaired) electrons. The van der Waals surface area contributed by atoms with Gasteiger partial charge in [0.1, 0.15) is 0 Å². The molecule has 0 unspecified atom stereocenters. The van der Waals surface area contributed by atoms with E-state index in [2.05, 4.69) is 21.3 Å². The number of aromatic nitrogens is 1. The number of hydrogen-bond donors (Lipinski definition) is 1. The minimum Gasteiger partial charge on any atom is -0.462 e. The van der Waals surface area contributed by atoms with Gasteiger partial charge >= 0.3 is 5.97 Å². The molecule has 1 aliphatic heterocycles. The zero-order valence-corrected chi connectivity index (χ0v) is 19.9. The van der Waals surface area contributed by atoms with Crippen LogP contribution in [0.1, 0.15) is 71.6 Å². The van der Waals surface area contributed by atoms with Crippen molar-refractivity contribution in [2.75, 3.05) is 18.1 Å². The lowest BCUT2D eigenvalue weighted by Crippen LogP contribution is -2.36. The first-order valence-electron chi connectivity index (χ1n) is 12.4. The summed E-state index contributed by atoms with van der Waals surface area (Å²) in [4.78, 5) is 32.6. The summed E-state index contributed by atoms with van der Waals surface area (Å²) in [5.41, 5.74) is 5.44. The number of pyridine rings is 1. The van der Waals surface area contributed by atoms with Crippen LogP contribution in [0.25, 0.3) is 0 Å². The van der Waals surface area contributed by atoms with Crippen LogP contribution < -0.4 is 10.2 Å². The van der Waals surface area contributed by atoms with Crippen molar-refractivity contribution in [1.29, 1.82) is 0 Å². The van der Waals surface area contributed by atoms with E-state index in [-0.39, 0.29) is 24.3 Å². The maximum absolute atomic E-state index is 13.7. The molecule has 0 bridgehead atoms. The SMILES string of the molecule is CCOC(=O)c1ccc(C2(NC(=O)c3cccc4c3N(Cc3ccccn3)CC43CC3)CC2)cc1.[HH]. The van der Waals surface area contributed by atoms with Crippen molar-refractivity contribution in [2.24, 2.45) is 0 Å². The topological polar surface area (TPSA) is 71.5 Å². The van der Waals surface area contributed by atoms with Crippen LogP contribution in [0.4, 0.5) is 5.69 Å². The summed E-state index contributed by atoms with van der Waals surface area (Å²) in [7, 11) is 0. The normalized spacial score (nSPS) is 18.1. The number of nitrogens with zero attached hydrogens (tertiary/aromatic N) is 2. The van der Waals surface area contributed by atoms with E-state index in [0.717, 1.165) is 41.9 Å². The predicted octanol–water partition coefficient (Wildman–Crippen LogP) is 4.98. The molecule has 6 rings (SSSR count). The van der Waals surface area contributed by atoms with Crippen LogP contribution in [0.5, 0.6) is 0 Å². The molecule has 0 atom stereocenters. The maximum Gasteiger partial charge on any atom is 0.338 e. The van der Waals surface area contributed by atoms with Gasteiger partial charge in [-0.1, -0.05) is 30.3 Å². The highest BCUT2D eigenvalue weighted by atomic mass is 16.5. The minimum absolute atomic E-state index is 0. The van der Waals surface area contributed by atoms with Gasteiger partial charge < -0.3 is 15.0 Å². The van der Waals surface area contributed by atoms with Crippen LogP contribution in [-0.4, -0.2) is 30.0 Å². The van der Waals surface area contributed by atoms with Crippen molar-refractivity contribution < 1.29 is 15.8 Å². The number of ether oxygens (including phenoxy) is 1. The quantitative estimate of drug-likeness (QED) is 0.495. The lowest BCUT2D eigenvalue weighted by molar-refractivity contribution is 0.0526. The number of carbonyl (C=O) groups excluding carboxylic acids is 2. The highest BCUT2D eigenvalue weighted by molar-refractivity contribution is 6.02. The van der Waals surface area contributed by atoms with Crippen molar-refractivity contribution in [3.05, 3.63) is 94.8 Å². The number of esters is 1. The van der Waals surface area contributed by atoms with Gasteiger partial charge in [-0.05, 0) is 74.1 Å². The third kappa shape index (κ3) is 3.87. The van der Waals surface area contributed by atoms with Crippen molar-refractivity contribution in [2.45, 2.75) is 50.1 Å². The smallest absolute Gasteiger partial charge is 0.338 e. The first-order valence-corrected chi connectivity index (χ1v) is 12.4. The Morgan fingerprint density at radius 3 is 2.49 bits per heavy atom. The van der Waals surface area contributed by atoms with E-state index in [1.54, 1.807) is 19.1 Å². The van der Waals surface area contributed by atoms with Gasteiger partial charge in [-0.3, -0.25) is 9.78 Å². The Balaban J connectivity index is 0.00000267. The second-order valence-electron chi connectivity index (χ2n) is 9.99. The number of carbonyl (C=O) groups is 2. The molecule has 0 saturated heterocycles. The second kappa shape index (κ2) is 8.22. The van der Waals surface area contributed by atoms with Crippen LogP contribution in [0.15, 0.2) is 66.9 Å². The van der Waals surface area contributed by atoms with Crippen LogP contribution in [0.3, 0.4) is 0 Å². The Morgan fingerprint density at radius 2 is 1.83 bits per heavy atom. The van der Waals surface area contributed by atoms with E-state index in [9.17, 15) is 9.59 Å². The van der Waals surface area contributed by atoms with E-state index >= 15 is 0 Å². The van der Waals surface area contributed by atoms with Crippen LogP contribution >= 0.6 is 0 Å². The number of amides is 1. The second-order valence-corrected chi connectivity index (χ2v) is 9.99. The number of benzene rings is 2. The first kappa shape index (κ1) is 21.8. The van der Waals surface area contributed by atoms with E-state index in [0.29, 0.717) is 18.7 Å². The fourth-order valence-electron chi connectivity index (χ4n) is 5.46. The van der Waals surface area contributed by atoms with Gasteiger partial charge in [0.25, 0.3) is 5.91 Å². The Kier molecular flexibility index (Phi) is 5.13.